The Balaban J connectivity index is -0.000000354. The van der Waals surface area contributed by atoms with Crippen molar-refractivity contribution in [1.82, 2.24) is 4.67 Å². The molecule has 0 radical (unpaired) electrons. The summed E-state index contributed by atoms with van der Waals surface area (Å²) in [6.07, 6.45) is -0.626. The zero-order valence-electron chi connectivity index (χ0n) is 19.3. The van der Waals surface area contributed by atoms with Crippen molar-refractivity contribution in [2.24, 2.45) is 5.41 Å². The molecule has 0 saturated heterocycles. The molecular formula is C16H37F2N2O6P3. The molecule has 0 rings (SSSR count). The van der Waals surface area contributed by atoms with E-state index in [1.165, 1.54) is 4.67 Å². The van der Waals surface area contributed by atoms with Gasteiger partial charge in [0.1, 0.15) is 0 Å². The van der Waals surface area contributed by atoms with E-state index >= 15 is 0 Å². The van der Waals surface area contributed by atoms with E-state index < -0.39 is 22.9 Å². The van der Waals surface area contributed by atoms with E-state index in [4.69, 9.17) is 14.3 Å². The number of hydrogen-bond acceptors (Lipinski definition) is 7. The van der Waals surface area contributed by atoms with Gasteiger partial charge in [-0.15, -0.1) is 0 Å². The molecule has 0 amide bonds. The highest BCUT2D eigenvalue weighted by atomic mass is 31.2. The second-order valence-corrected chi connectivity index (χ2v) is 13.4. The molecule has 4 unspecified atom stereocenters. The summed E-state index contributed by atoms with van der Waals surface area (Å²) in [6, 6.07) is 0. The van der Waals surface area contributed by atoms with Gasteiger partial charge in [0, 0.05) is 13.3 Å². The second-order valence-electron chi connectivity index (χ2n) is 7.65. The number of hydrogen-bond donors (Lipinski definition) is 0. The Bertz CT molecular complexity index is 636. The van der Waals surface area contributed by atoms with Crippen LogP contribution in [-0.2, 0) is 27.3 Å². The van der Waals surface area contributed by atoms with Crippen molar-refractivity contribution in [3.8, 4) is 5.81 Å². The van der Waals surface area contributed by atoms with Gasteiger partial charge in [0.05, 0.1) is 18.8 Å². The predicted octanol–water partition coefficient (Wildman–Crippen LogP) is 6.69. The maximum absolute atomic E-state index is 12.5. The molecule has 0 aliphatic heterocycles. The van der Waals surface area contributed by atoms with Gasteiger partial charge in [-0.1, -0.05) is 20.8 Å². The highest BCUT2D eigenvalue weighted by Gasteiger charge is 2.27. The standard InChI is InChI=1S/C7H16FO2P.C5H11N2O2P.C4H10FO2P/c1-6(7(2,3)4)10-11(5,8)9;1-4-9-10(8,5-6)7(2)3;1-4(2)7-8(3,5)6/h6H,1-5H3;4H2,1-3H3;4H,1-3H3. The summed E-state index contributed by atoms with van der Waals surface area (Å²) in [5.41, 5.74) is -0.169. The van der Waals surface area contributed by atoms with Crippen molar-refractivity contribution < 1.29 is 35.7 Å². The Kier molecular flexibility index (Phi) is 16.2. The third-order valence-electron chi connectivity index (χ3n) is 2.92. The molecule has 29 heavy (non-hydrogen) atoms. The van der Waals surface area contributed by atoms with Crippen molar-refractivity contribution in [2.75, 3.05) is 34.0 Å². The molecule has 0 bridgehead atoms. The van der Waals surface area contributed by atoms with E-state index in [-0.39, 0.29) is 17.6 Å². The molecule has 0 aliphatic rings. The van der Waals surface area contributed by atoms with Crippen LogP contribution in [0.2, 0.25) is 0 Å². The summed E-state index contributed by atoms with van der Waals surface area (Å²) >= 11 is 0. The van der Waals surface area contributed by atoms with Crippen LogP contribution in [0.15, 0.2) is 0 Å². The molecular weight excluding hydrogens is 447 g/mol. The van der Waals surface area contributed by atoms with Gasteiger partial charge in [-0.25, -0.2) is 4.67 Å². The first-order valence-electron chi connectivity index (χ1n) is 8.86. The van der Waals surface area contributed by atoms with Crippen LogP contribution in [0, 0.1) is 16.5 Å². The fourth-order valence-corrected chi connectivity index (χ4v) is 3.68. The van der Waals surface area contributed by atoms with Crippen LogP contribution in [-0.4, -0.2) is 50.9 Å². The molecule has 0 spiro atoms. The van der Waals surface area contributed by atoms with Gasteiger partial charge in [0.15, 0.2) is 5.81 Å². The predicted molar refractivity (Wildman–Crippen MR) is 114 cm³/mol. The van der Waals surface area contributed by atoms with Crippen LogP contribution in [0.5, 0.6) is 0 Å². The number of nitrogens with zero attached hydrogens (tertiary/aromatic N) is 2. The third kappa shape index (κ3) is 22.4. The molecule has 0 aromatic carbocycles. The van der Waals surface area contributed by atoms with Crippen LogP contribution < -0.4 is 0 Å². The molecule has 0 aromatic rings. The van der Waals surface area contributed by atoms with Crippen molar-refractivity contribution in [1.29, 1.82) is 5.26 Å². The van der Waals surface area contributed by atoms with E-state index in [2.05, 4.69) is 4.52 Å². The van der Waals surface area contributed by atoms with E-state index in [1.54, 1.807) is 47.6 Å². The lowest BCUT2D eigenvalue weighted by molar-refractivity contribution is 0.0989. The first-order valence-corrected chi connectivity index (χ1v) is 14.4. The minimum Gasteiger partial charge on any atom is -0.307 e. The van der Waals surface area contributed by atoms with Gasteiger partial charge in [0.25, 0.3) is 0 Å². The Hall–Kier alpha value is -0.120. The van der Waals surface area contributed by atoms with Gasteiger partial charge in [-0.3, -0.25) is 13.7 Å². The van der Waals surface area contributed by atoms with Crippen LogP contribution in [0.3, 0.4) is 0 Å². The zero-order valence-corrected chi connectivity index (χ0v) is 22.0. The summed E-state index contributed by atoms with van der Waals surface area (Å²) in [6.45, 7) is 14.6. The van der Waals surface area contributed by atoms with E-state index in [0.717, 1.165) is 13.3 Å². The van der Waals surface area contributed by atoms with Crippen LogP contribution in [0.1, 0.15) is 48.5 Å². The topological polar surface area (TPSA) is 106 Å². The summed E-state index contributed by atoms with van der Waals surface area (Å²) in [7, 11) is -7.56. The first-order chi connectivity index (χ1) is 12.6. The van der Waals surface area contributed by atoms with Gasteiger partial charge >= 0.3 is 22.9 Å². The molecule has 8 nitrogen and oxygen atoms in total. The molecule has 0 heterocycles. The van der Waals surface area contributed by atoms with E-state index in [1.807, 2.05) is 20.8 Å². The Morgan fingerprint density at radius 3 is 1.45 bits per heavy atom. The normalized spacial score (nSPS) is 18.7. The number of nitriles is 1. The van der Waals surface area contributed by atoms with Crippen LogP contribution in [0.4, 0.5) is 8.39 Å². The number of rotatable bonds is 7. The second kappa shape index (κ2) is 14.0. The molecule has 176 valence electrons. The fraction of sp³-hybridized carbons (Fsp3) is 0.938. The lowest BCUT2D eigenvalue weighted by atomic mass is 9.91. The molecule has 0 aromatic heterocycles. The van der Waals surface area contributed by atoms with Crippen molar-refractivity contribution >= 4 is 22.9 Å². The molecule has 0 fully saturated rings. The highest BCUT2D eigenvalue weighted by molar-refractivity contribution is 7.61. The fourth-order valence-electron chi connectivity index (χ4n) is 1.23. The minimum absolute atomic E-state index is 0.169. The van der Waals surface area contributed by atoms with Crippen molar-refractivity contribution in [3.05, 3.63) is 0 Å². The van der Waals surface area contributed by atoms with Gasteiger partial charge in [-0.2, -0.15) is 13.7 Å². The lowest BCUT2D eigenvalue weighted by Crippen LogP contribution is -2.24. The Morgan fingerprint density at radius 1 is 1.00 bits per heavy atom. The van der Waals surface area contributed by atoms with Gasteiger partial charge in [-0.05, 0) is 47.2 Å². The SMILES string of the molecule is CC(C)OP(C)(=O)F.CC(OP(C)(=O)F)C(C)(C)C.CCOP(=O)(C#N)N(C)C. The molecule has 0 aliphatic carbocycles. The molecule has 4 atom stereocenters. The van der Waals surface area contributed by atoms with Crippen molar-refractivity contribution in [3.63, 3.8) is 0 Å². The minimum atomic E-state index is -3.82. The van der Waals surface area contributed by atoms with Gasteiger partial charge < -0.3 is 13.6 Å². The van der Waals surface area contributed by atoms with Crippen LogP contribution >= 0.6 is 22.9 Å². The first kappa shape index (κ1) is 33.5. The van der Waals surface area contributed by atoms with Crippen LogP contribution in [0.25, 0.3) is 0 Å². The summed E-state index contributed by atoms with van der Waals surface area (Å²) in [5, 5.41) is 8.41. The zero-order chi connectivity index (χ0) is 24.3. The summed E-state index contributed by atoms with van der Waals surface area (Å²) < 4.78 is 71.5. The lowest BCUT2D eigenvalue weighted by Gasteiger charge is -2.27. The average molecular weight is 484 g/mol. The highest BCUT2D eigenvalue weighted by Crippen LogP contribution is 2.48. The summed E-state index contributed by atoms with van der Waals surface area (Å²) in [5.74, 6) is 1.64. The van der Waals surface area contributed by atoms with E-state index in [0.29, 0.717) is 6.61 Å². The molecule has 0 saturated carbocycles. The molecule has 13 heteroatoms. The monoisotopic (exact) mass is 484 g/mol. The third-order valence-corrected chi connectivity index (χ3v) is 6.33. The maximum Gasteiger partial charge on any atom is 0.370 e. The Morgan fingerprint density at radius 2 is 1.38 bits per heavy atom. The quantitative estimate of drug-likeness (QED) is 0.368. The maximum atomic E-state index is 12.5. The molecule has 0 N–H and O–H groups in total. The Labute approximate surface area is 174 Å². The smallest absolute Gasteiger partial charge is 0.307 e. The number of halogens is 2. The van der Waals surface area contributed by atoms with Crippen molar-refractivity contribution in [2.45, 2.75) is 60.7 Å². The average Bonchev–Trinajstić information content (AvgIpc) is 2.43. The summed E-state index contributed by atoms with van der Waals surface area (Å²) in [4.78, 5) is 0. The largest absolute Gasteiger partial charge is 0.370 e. The van der Waals surface area contributed by atoms with Gasteiger partial charge in [0.2, 0.25) is 0 Å². The van der Waals surface area contributed by atoms with E-state index in [9.17, 15) is 22.1 Å².